The predicted molar refractivity (Wildman–Crippen MR) is 76.9 cm³/mol. The van der Waals surface area contributed by atoms with Crippen LogP contribution in [0.4, 0.5) is 0 Å². The van der Waals surface area contributed by atoms with E-state index in [9.17, 15) is 5.11 Å². The maximum Gasteiger partial charge on any atom is 0.129 e. The minimum absolute atomic E-state index is 0.112. The van der Waals surface area contributed by atoms with Crippen molar-refractivity contribution in [3.8, 4) is 11.5 Å². The molecule has 0 radical (unpaired) electrons. The lowest BCUT2D eigenvalue weighted by Gasteiger charge is -2.34. The van der Waals surface area contributed by atoms with Gasteiger partial charge in [-0.05, 0) is 33.9 Å². The molecule has 0 fully saturated rings. The number of rotatable bonds is 6. The molecule has 0 saturated carbocycles. The Labute approximate surface area is 115 Å². The third-order valence-corrected chi connectivity index (χ3v) is 3.69. The SMILES string of the molecule is COc1ccc(CN(C)C(C)(C)CO)c(OC)c1C. The van der Waals surface area contributed by atoms with Crippen molar-refractivity contribution >= 4 is 0 Å². The van der Waals surface area contributed by atoms with Crippen LogP contribution in [0.2, 0.25) is 0 Å². The van der Waals surface area contributed by atoms with Gasteiger partial charge in [-0.25, -0.2) is 0 Å². The van der Waals surface area contributed by atoms with E-state index in [2.05, 4.69) is 4.90 Å². The number of hydrogen-bond acceptors (Lipinski definition) is 4. The lowest BCUT2D eigenvalue weighted by Crippen LogP contribution is -2.43. The lowest BCUT2D eigenvalue weighted by atomic mass is 10.0. The van der Waals surface area contributed by atoms with E-state index in [4.69, 9.17) is 9.47 Å². The van der Waals surface area contributed by atoms with E-state index < -0.39 is 0 Å². The van der Waals surface area contributed by atoms with Crippen molar-refractivity contribution in [1.82, 2.24) is 4.90 Å². The van der Waals surface area contributed by atoms with Crippen LogP contribution in [-0.4, -0.2) is 43.4 Å². The standard InChI is InChI=1S/C15H25NO3/c1-11-13(18-5)8-7-12(14(11)19-6)9-16(4)15(2,3)10-17/h7-8,17H,9-10H2,1-6H3. The van der Waals surface area contributed by atoms with E-state index in [0.717, 1.165) is 22.6 Å². The van der Waals surface area contributed by atoms with Crippen LogP contribution in [-0.2, 0) is 6.54 Å². The molecule has 0 heterocycles. The van der Waals surface area contributed by atoms with Gasteiger partial charge in [0.2, 0.25) is 0 Å². The second kappa shape index (κ2) is 6.26. The van der Waals surface area contributed by atoms with Crippen LogP contribution < -0.4 is 9.47 Å². The van der Waals surface area contributed by atoms with Gasteiger partial charge < -0.3 is 14.6 Å². The van der Waals surface area contributed by atoms with Crippen molar-refractivity contribution in [2.45, 2.75) is 32.9 Å². The Morgan fingerprint density at radius 3 is 2.32 bits per heavy atom. The molecule has 0 saturated heterocycles. The molecule has 1 rings (SSSR count). The third-order valence-electron chi connectivity index (χ3n) is 3.69. The van der Waals surface area contributed by atoms with Crippen LogP contribution in [0.5, 0.6) is 11.5 Å². The molecule has 1 N–H and O–H groups in total. The molecule has 0 bridgehead atoms. The molecule has 0 aliphatic rings. The van der Waals surface area contributed by atoms with Crippen molar-refractivity contribution in [3.05, 3.63) is 23.3 Å². The highest BCUT2D eigenvalue weighted by atomic mass is 16.5. The van der Waals surface area contributed by atoms with E-state index in [1.54, 1.807) is 14.2 Å². The first-order valence-electron chi connectivity index (χ1n) is 6.40. The number of methoxy groups -OCH3 is 2. The molecule has 19 heavy (non-hydrogen) atoms. The quantitative estimate of drug-likeness (QED) is 0.858. The smallest absolute Gasteiger partial charge is 0.129 e. The molecule has 0 atom stereocenters. The molecule has 0 aliphatic heterocycles. The highest BCUT2D eigenvalue weighted by Crippen LogP contribution is 2.32. The molecular weight excluding hydrogens is 242 g/mol. The molecule has 4 nitrogen and oxygen atoms in total. The van der Waals surface area contributed by atoms with Gasteiger partial charge in [0.15, 0.2) is 0 Å². The Morgan fingerprint density at radius 2 is 1.84 bits per heavy atom. The normalized spacial score (nSPS) is 11.8. The molecule has 1 aromatic carbocycles. The summed E-state index contributed by atoms with van der Waals surface area (Å²) in [5.74, 6) is 1.67. The summed E-state index contributed by atoms with van der Waals surface area (Å²) in [5, 5.41) is 9.41. The average molecular weight is 267 g/mol. The molecule has 108 valence electrons. The Bertz CT molecular complexity index is 430. The van der Waals surface area contributed by atoms with Crippen LogP contribution in [0.25, 0.3) is 0 Å². The monoisotopic (exact) mass is 267 g/mol. The molecule has 0 amide bonds. The number of nitrogens with zero attached hydrogens (tertiary/aromatic N) is 1. The Hall–Kier alpha value is -1.26. The molecule has 1 aromatic rings. The van der Waals surface area contributed by atoms with E-state index in [1.807, 2.05) is 40.0 Å². The van der Waals surface area contributed by atoms with Gasteiger partial charge in [0, 0.05) is 23.2 Å². The zero-order valence-corrected chi connectivity index (χ0v) is 12.8. The van der Waals surface area contributed by atoms with E-state index in [0.29, 0.717) is 6.54 Å². The summed E-state index contributed by atoms with van der Waals surface area (Å²) >= 11 is 0. The predicted octanol–water partition coefficient (Wildman–Crippen LogP) is 2.21. The first-order chi connectivity index (χ1) is 8.87. The largest absolute Gasteiger partial charge is 0.496 e. The second-order valence-corrected chi connectivity index (χ2v) is 5.41. The fraction of sp³-hybridized carbons (Fsp3) is 0.600. The summed E-state index contributed by atoms with van der Waals surface area (Å²) < 4.78 is 10.8. The Kier molecular flexibility index (Phi) is 5.20. The van der Waals surface area contributed by atoms with E-state index >= 15 is 0 Å². The van der Waals surface area contributed by atoms with Crippen molar-refractivity contribution < 1.29 is 14.6 Å². The molecule has 4 heteroatoms. The molecular formula is C15H25NO3. The number of hydrogen-bond donors (Lipinski definition) is 1. The zero-order valence-electron chi connectivity index (χ0n) is 12.8. The van der Waals surface area contributed by atoms with Gasteiger partial charge in [0.25, 0.3) is 0 Å². The topological polar surface area (TPSA) is 41.9 Å². The minimum Gasteiger partial charge on any atom is -0.496 e. The molecule has 0 spiro atoms. The van der Waals surface area contributed by atoms with Gasteiger partial charge in [-0.3, -0.25) is 4.90 Å². The number of ether oxygens (including phenoxy) is 2. The van der Waals surface area contributed by atoms with Crippen LogP contribution in [0, 0.1) is 6.92 Å². The van der Waals surface area contributed by atoms with Gasteiger partial charge in [0.05, 0.1) is 20.8 Å². The first kappa shape index (κ1) is 15.8. The molecule has 0 aromatic heterocycles. The van der Waals surface area contributed by atoms with Crippen molar-refractivity contribution in [1.29, 1.82) is 0 Å². The summed E-state index contributed by atoms with van der Waals surface area (Å²) in [7, 11) is 5.32. The fourth-order valence-corrected chi connectivity index (χ4v) is 1.95. The number of likely N-dealkylation sites (N-methyl/N-ethyl adjacent to an activating group) is 1. The minimum atomic E-state index is -0.265. The van der Waals surface area contributed by atoms with Gasteiger partial charge in [-0.2, -0.15) is 0 Å². The highest BCUT2D eigenvalue weighted by molar-refractivity contribution is 5.49. The fourth-order valence-electron chi connectivity index (χ4n) is 1.95. The number of aliphatic hydroxyl groups excluding tert-OH is 1. The number of benzene rings is 1. The van der Waals surface area contributed by atoms with Gasteiger partial charge in [-0.15, -0.1) is 0 Å². The summed E-state index contributed by atoms with van der Waals surface area (Å²) in [5.41, 5.74) is 1.82. The Balaban J connectivity index is 3.05. The van der Waals surface area contributed by atoms with Crippen LogP contribution in [0.1, 0.15) is 25.0 Å². The van der Waals surface area contributed by atoms with E-state index in [1.165, 1.54) is 0 Å². The van der Waals surface area contributed by atoms with Crippen LogP contribution in [0.15, 0.2) is 12.1 Å². The maximum absolute atomic E-state index is 9.41. The van der Waals surface area contributed by atoms with Gasteiger partial charge >= 0.3 is 0 Å². The summed E-state index contributed by atoms with van der Waals surface area (Å²) in [4.78, 5) is 2.11. The average Bonchev–Trinajstić information content (AvgIpc) is 2.39. The summed E-state index contributed by atoms with van der Waals surface area (Å²) in [6.45, 7) is 6.83. The third kappa shape index (κ3) is 3.39. The maximum atomic E-state index is 9.41. The number of aliphatic hydroxyl groups is 1. The van der Waals surface area contributed by atoms with Crippen LogP contribution in [0.3, 0.4) is 0 Å². The van der Waals surface area contributed by atoms with E-state index in [-0.39, 0.29) is 12.1 Å². The highest BCUT2D eigenvalue weighted by Gasteiger charge is 2.24. The second-order valence-electron chi connectivity index (χ2n) is 5.41. The van der Waals surface area contributed by atoms with Gasteiger partial charge in [0.1, 0.15) is 11.5 Å². The van der Waals surface area contributed by atoms with Crippen molar-refractivity contribution in [2.75, 3.05) is 27.9 Å². The van der Waals surface area contributed by atoms with Crippen molar-refractivity contribution in [3.63, 3.8) is 0 Å². The Morgan fingerprint density at radius 1 is 1.21 bits per heavy atom. The lowest BCUT2D eigenvalue weighted by molar-refractivity contribution is 0.0727. The zero-order chi connectivity index (χ0) is 14.6. The summed E-state index contributed by atoms with van der Waals surface area (Å²) in [6, 6.07) is 3.96. The molecule has 0 unspecified atom stereocenters. The first-order valence-corrected chi connectivity index (χ1v) is 6.40. The molecule has 0 aliphatic carbocycles. The van der Waals surface area contributed by atoms with Gasteiger partial charge in [-0.1, -0.05) is 6.07 Å². The summed E-state index contributed by atoms with van der Waals surface area (Å²) in [6.07, 6.45) is 0. The van der Waals surface area contributed by atoms with Crippen molar-refractivity contribution in [2.24, 2.45) is 0 Å². The van der Waals surface area contributed by atoms with Crippen LogP contribution >= 0.6 is 0 Å².